The predicted molar refractivity (Wildman–Crippen MR) is 112 cm³/mol. The van der Waals surface area contributed by atoms with Gasteiger partial charge in [0.1, 0.15) is 11.5 Å². The van der Waals surface area contributed by atoms with E-state index in [0.29, 0.717) is 5.56 Å². The second-order valence-corrected chi connectivity index (χ2v) is 8.18. The molecule has 2 aromatic rings. The average Bonchev–Trinajstić information content (AvgIpc) is 2.93. The monoisotopic (exact) mass is 449 g/mol. The van der Waals surface area contributed by atoms with Gasteiger partial charge in [-0.15, -0.1) is 0 Å². The van der Waals surface area contributed by atoms with E-state index in [2.05, 4.69) is 26.6 Å². The Morgan fingerprint density at radius 1 is 1.18 bits per heavy atom. The van der Waals surface area contributed by atoms with Crippen molar-refractivity contribution < 1.29 is 9.18 Å². The van der Waals surface area contributed by atoms with Gasteiger partial charge in [0.05, 0.1) is 6.54 Å². The Bertz CT molecular complexity index is 888. The zero-order valence-electron chi connectivity index (χ0n) is 15.9. The van der Waals surface area contributed by atoms with Crippen LogP contribution in [0.5, 0.6) is 0 Å². The summed E-state index contributed by atoms with van der Waals surface area (Å²) in [6.45, 7) is 2.08. The molecule has 0 bridgehead atoms. The lowest BCUT2D eigenvalue weighted by molar-refractivity contribution is 0.247. The lowest BCUT2D eigenvalue weighted by Crippen LogP contribution is -2.39. The number of hydrogen-bond acceptors (Lipinski definition) is 2. The number of rotatable bonds is 4. The van der Waals surface area contributed by atoms with Crippen LogP contribution in [0.4, 0.5) is 14.9 Å². The van der Waals surface area contributed by atoms with E-state index < -0.39 is 0 Å². The van der Waals surface area contributed by atoms with Gasteiger partial charge in [0.2, 0.25) is 0 Å². The molecule has 2 N–H and O–H groups in total. The third kappa shape index (κ3) is 5.22. The molecule has 28 heavy (non-hydrogen) atoms. The Labute approximate surface area is 172 Å². The zero-order valence-corrected chi connectivity index (χ0v) is 17.5. The molecule has 3 rings (SSSR count). The lowest BCUT2D eigenvalue weighted by Gasteiger charge is -2.18. The number of amides is 2. The number of nitrogens with one attached hydrogen (secondary N) is 2. The predicted octanol–water partition coefficient (Wildman–Crippen LogP) is 4.95. The first-order valence-electron chi connectivity index (χ1n) is 9.65. The minimum atomic E-state index is -0.349. The van der Waals surface area contributed by atoms with Crippen LogP contribution in [0.2, 0.25) is 0 Å². The SMILES string of the molecule is Cc1c(Br)cn(Cc2ccc(F)cc2)c(=O)c1NC(=O)NC1CCCCCC1. The highest BCUT2D eigenvalue weighted by molar-refractivity contribution is 9.10. The van der Waals surface area contributed by atoms with E-state index in [1.165, 1.54) is 29.5 Å². The second kappa shape index (κ2) is 9.37. The molecule has 1 aliphatic rings. The quantitative estimate of drug-likeness (QED) is 0.648. The van der Waals surface area contributed by atoms with Crippen LogP contribution < -0.4 is 16.2 Å². The normalized spacial score (nSPS) is 15.1. The van der Waals surface area contributed by atoms with Crippen molar-refractivity contribution in [3.05, 3.63) is 62.2 Å². The third-order valence-corrected chi connectivity index (χ3v) is 5.97. The van der Waals surface area contributed by atoms with Gasteiger partial charge in [-0.05, 0) is 59.0 Å². The number of carbonyl (C=O) groups excluding carboxylic acids is 1. The first-order chi connectivity index (χ1) is 13.4. The number of nitrogens with zero attached hydrogens (tertiary/aromatic N) is 1. The molecular formula is C21H25BrFN3O2. The van der Waals surface area contributed by atoms with Gasteiger partial charge >= 0.3 is 6.03 Å². The smallest absolute Gasteiger partial charge is 0.319 e. The summed E-state index contributed by atoms with van der Waals surface area (Å²) in [4.78, 5) is 25.4. The fourth-order valence-corrected chi connectivity index (χ4v) is 3.97. The van der Waals surface area contributed by atoms with Crippen LogP contribution in [0.15, 0.2) is 39.7 Å². The van der Waals surface area contributed by atoms with Gasteiger partial charge in [0.25, 0.3) is 5.56 Å². The van der Waals surface area contributed by atoms with Crippen molar-refractivity contribution in [2.75, 3.05) is 5.32 Å². The molecule has 7 heteroatoms. The van der Waals surface area contributed by atoms with Gasteiger partial charge in [-0.25, -0.2) is 9.18 Å². The van der Waals surface area contributed by atoms with Crippen LogP contribution in [0.3, 0.4) is 0 Å². The molecule has 0 unspecified atom stereocenters. The lowest BCUT2D eigenvalue weighted by atomic mass is 10.1. The maximum atomic E-state index is 13.1. The molecule has 2 amide bonds. The molecule has 0 aliphatic heterocycles. The zero-order chi connectivity index (χ0) is 20.1. The van der Waals surface area contributed by atoms with E-state index in [9.17, 15) is 14.0 Å². The van der Waals surface area contributed by atoms with Crippen molar-refractivity contribution in [3.8, 4) is 0 Å². The van der Waals surface area contributed by atoms with Crippen molar-refractivity contribution >= 4 is 27.6 Å². The first-order valence-corrected chi connectivity index (χ1v) is 10.4. The summed E-state index contributed by atoms with van der Waals surface area (Å²) < 4.78 is 15.3. The molecule has 1 fully saturated rings. The van der Waals surface area contributed by atoms with Gasteiger partial charge in [0, 0.05) is 16.7 Å². The van der Waals surface area contributed by atoms with E-state index in [4.69, 9.17) is 0 Å². The summed E-state index contributed by atoms with van der Waals surface area (Å²) in [7, 11) is 0. The number of hydrogen-bond donors (Lipinski definition) is 2. The largest absolute Gasteiger partial charge is 0.335 e. The Morgan fingerprint density at radius 2 is 1.82 bits per heavy atom. The number of halogens is 2. The topological polar surface area (TPSA) is 63.1 Å². The van der Waals surface area contributed by atoms with Crippen LogP contribution in [-0.4, -0.2) is 16.6 Å². The van der Waals surface area contributed by atoms with Gasteiger partial charge in [0.15, 0.2) is 0 Å². The summed E-state index contributed by atoms with van der Waals surface area (Å²) in [5.74, 6) is -0.321. The van der Waals surface area contributed by atoms with Crippen molar-refractivity contribution in [2.24, 2.45) is 0 Å². The summed E-state index contributed by atoms with van der Waals surface area (Å²) in [5.41, 5.74) is 1.44. The summed E-state index contributed by atoms with van der Waals surface area (Å²) in [6, 6.07) is 5.81. The van der Waals surface area contributed by atoms with Gasteiger partial charge in [-0.2, -0.15) is 0 Å². The molecule has 0 spiro atoms. The fourth-order valence-electron chi connectivity index (χ4n) is 3.53. The number of benzene rings is 1. The Balaban J connectivity index is 1.78. The van der Waals surface area contributed by atoms with E-state index in [-0.39, 0.29) is 35.7 Å². The molecule has 150 valence electrons. The number of pyridine rings is 1. The van der Waals surface area contributed by atoms with Crippen molar-refractivity contribution in [1.82, 2.24) is 9.88 Å². The highest BCUT2D eigenvalue weighted by Crippen LogP contribution is 2.22. The molecule has 1 heterocycles. The summed E-state index contributed by atoms with van der Waals surface area (Å²) in [6.07, 6.45) is 8.28. The highest BCUT2D eigenvalue weighted by Gasteiger charge is 2.18. The Hall–Kier alpha value is -2.15. The number of anilines is 1. The maximum Gasteiger partial charge on any atom is 0.319 e. The number of urea groups is 1. The van der Waals surface area contributed by atoms with Crippen LogP contribution >= 0.6 is 15.9 Å². The molecule has 5 nitrogen and oxygen atoms in total. The van der Waals surface area contributed by atoms with E-state index >= 15 is 0 Å². The van der Waals surface area contributed by atoms with Crippen molar-refractivity contribution in [2.45, 2.75) is 58.0 Å². The fraction of sp³-hybridized carbons (Fsp3) is 0.429. The van der Waals surface area contributed by atoms with E-state index in [1.807, 2.05) is 0 Å². The van der Waals surface area contributed by atoms with Crippen LogP contribution in [-0.2, 0) is 6.54 Å². The molecule has 1 aromatic carbocycles. The van der Waals surface area contributed by atoms with Crippen molar-refractivity contribution in [1.29, 1.82) is 0 Å². The standard InChI is InChI=1S/C21H25BrFN3O2/c1-14-18(22)13-26(12-15-8-10-16(23)11-9-15)20(27)19(14)25-21(28)24-17-6-4-2-3-5-7-17/h8-11,13,17H,2-7,12H2,1H3,(H2,24,25,28). The first kappa shape index (κ1) is 20.6. The van der Waals surface area contributed by atoms with E-state index in [0.717, 1.165) is 35.7 Å². The van der Waals surface area contributed by atoms with Gasteiger partial charge in [-0.1, -0.05) is 37.8 Å². The summed E-state index contributed by atoms with van der Waals surface area (Å²) >= 11 is 3.46. The Kier molecular flexibility index (Phi) is 6.88. The minimum Gasteiger partial charge on any atom is -0.335 e. The molecule has 1 aromatic heterocycles. The second-order valence-electron chi connectivity index (χ2n) is 7.32. The van der Waals surface area contributed by atoms with Crippen LogP contribution in [0, 0.1) is 12.7 Å². The average molecular weight is 450 g/mol. The Morgan fingerprint density at radius 3 is 2.46 bits per heavy atom. The molecule has 0 atom stereocenters. The van der Waals surface area contributed by atoms with E-state index in [1.54, 1.807) is 25.3 Å². The van der Waals surface area contributed by atoms with Crippen LogP contribution in [0.1, 0.15) is 49.7 Å². The van der Waals surface area contributed by atoms with Gasteiger partial charge < -0.3 is 15.2 Å². The molecule has 1 aliphatic carbocycles. The molecule has 0 radical (unpaired) electrons. The van der Waals surface area contributed by atoms with Gasteiger partial charge in [-0.3, -0.25) is 4.79 Å². The number of aromatic nitrogens is 1. The highest BCUT2D eigenvalue weighted by atomic mass is 79.9. The number of carbonyl (C=O) groups is 1. The van der Waals surface area contributed by atoms with Crippen molar-refractivity contribution in [3.63, 3.8) is 0 Å². The molecule has 1 saturated carbocycles. The third-order valence-electron chi connectivity index (χ3n) is 5.17. The molecule has 0 saturated heterocycles. The maximum absolute atomic E-state index is 13.1. The summed E-state index contributed by atoms with van der Waals surface area (Å²) in [5, 5.41) is 5.75. The molecular weight excluding hydrogens is 425 g/mol. The van der Waals surface area contributed by atoms with Crippen LogP contribution in [0.25, 0.3) is 0 Å². The minimum absolute atomic E-state index is 0.149.